The second-order valence-corrected chi connectivity index (χ2v) is 4.74. The van der Waals surface area contributed by atoms with Crippen molar-refractivity contribution in [2.24, 2.45) is 0 Å². The Labute approximate surface area is 109 Å². The molecule has 1 aromatic heterocycles. The van der Waals surface area contributed by atoms with Gasteiger partial charge in [0.1, 0.15) is 5.82 Å². The zero-order chi connectivity index (χ0) is 13.4. The van der Waals surface area contributed by atoms with E-state index in [1.54, 1.807) is 6.07 Å². The summed E-state index contributed by atoms with van der Waals surface area (Å²) in [4.78, 5) is 8.86. The fourth-order valence-corrected chi connectivity index (χ4v) is 2.05. The molecule has 2 aromatic rings. The fourth-order valence-electron chi connectivity index (χ4n) is 2.05. The highest BCUT2D eigenvalue weighted by molar-refractivity contribution is 5.59. The number of rotatable bonds is 2. The van der Waals surface area contributed by atoms with Crippen LogP contribution in [0.5, 0.6) is 0 Å². The first kappa shape index (κ1) is 12.2. The molecule has 1 fully saturated rings. The predicted octanol–water partition coefficient (Wildman–Crippen LogP) is 2.42. The van der Waals surface area contributed by atoms with Crippen LogP contribution in [-0.4, -0.2) is 23.1 Å². The largest absolute Gasteiger partial charge is 0.315 e. The lowest BCUT2D eigenvalue weighted by Crippen LogP contribution is -2.41. The van der Waals surface area contributed by atoms with Gasteiger partial charge in [-0.15, -0.1) is 0 Å². The summed E-state index contributed by atoms with van der Waals surface area (Å²) in [5, 5.41) is 3.17. The molecule has 1 saturated heterocycles. The van der Waals surface area contributed by atoms with Gasteiger partial charge in [-0.25, -0.2) is 18.7 Å². The molecule has 5 heteroatoms. The van der Waals surface area contributed by atoms with Crippen molar-refractivity contribution in [1.82, 2.24) is 15.3 Å². The zero-order valence-electron chi connectivity index (χ0n) is 10.5. The van der Waals surface area contributed by atoms with Crippen molar-refractivity contribution in [3.63, 3.8) is 0 Å². The van der Waals surface area contributed by atoms with Gasteiger partial charge in [0.15, 0.2) is 11.6 Å². The monoisotopic (exact) mass is 261 g/mol. The third-order valence-electron chi connectivity index (χ3n) is 3.23. The predicted molar refractivity (Wildman–Crippen MR) is 67.7 cm³/mol. The standard InChI is InChI=1S/C14H13F2N3/c1-8-4-13(9-2-3-11(15)12(16)5-9)19-14(18-8)10-6-17-7-10/h2-5,10,17H,6-7H2,1H3. The SMILES string of the molecule is Cc1cc(-c2ccc(F)c(F)c2)nc(C2CNC2)n1. The lowest BCUT2D eigenvalue weighted by molar-refractivity contribution is 0.429. The van der Waals surface area contributed by atoms with Crippen LogP contribution < -0.4 is 5.32 Å². The average molecular weight is 261 g/mol. The fraction of sp³-hybridized carbons (Fsp3) is 0.286. The van der Waals surface area contributed by atoms with Gasteiger partial charge >= 0.3 is 0 Å². The maximum atomic E-state index is 13.3. The van der Waals surface area contributed by atoms with Crippen molar-refractivity contribution < 1.29 is 8.78 Å². The van der Waals surface area contributed by atoms with Crippen molar-refractivity contribution in [1.29, 1.82) is 0 Å². The van der Waals surface area contributed by atoms with E-state index in [1.165, 1.54) is 12.1 Å². The number of aromatic nitrogens is 2. The van der Waals surface area contributed by atoms with Crippen LogP contribution in [0.2, 0.25) is 0 Å². The molecule has 0 unspecified atom stereocenters. The highest BCUT2D eigenvalue weighted by Gasteiger charge is 2.22. The molecule has 3 rings (SSSR count). The first-order valence-electron chi connectivity index (χ1n) is 6.15. The minimum atomic E-state index is -0.861. The number of benzene rings is 1. The molecule has 0 aliphatic carbocycles. The van der Waals surface area contributed by atoms with Crippen LogP contribution in [0, 0.1) is 18.6 Å². The molecule has 0 radical (unpaired) electrons. The van der Waals surface area contributed by atoms with Crippen LogP contribution >= 0.6 is 0 Å². The lowest BCUT2D eigenvalue weighted by atomic mass is 10.0. The number of halogens is 2. The van der Waals surface area contributed by atoms with Crippen LogP contribution in [0.3, 0.4) is 0 Å². The molecule has 1 aliphatic heterocycles. The molecule has 1 N–H and O–H groups in total. The van der Waals surface area contributed by atoms with E-state index in [4.69, 9.17) is 0 Å². The second kappa shape index (κ2) is 4.66. The van der Waals surface area contributed by atoms with Gasteiger partial charge in [-0.2, -0.15) is 0 Å². The maximum absolute atomic E-state index is 13.3. The molecule has 0 spiro atoms. The van der Waals surface area contributed by atoms with Crippen LogP contribution in [0.4, 0.5) is 8.78 Å². The molecule has 0 saturated carbocycles. The summed E-state index contributed by atoms with van der Waals surface area (Å²) in [6, 6.07) is 5.60. The average Bonchev–Trinajstić information content (AvgIpc) is 2.29. The van der Waals surface area contributed by atoms with Crippen molar-refractivity contribution in [2.75, 3.05) is 13.1 Å². The number of nitrogens with one attached hydrogen (secondary N) is 1. The normalized spacial score (nSPS) is 15.3. The lowest BCUT2D eigenvalue weighted by Gasteiger charge is -2.26. The molecule has 0 atom stereocenters. The van der Waals surface area contributed by atoms with E-state index >= 15 is 0 Å². The Hall–Kier alpha value is -1.88. The van der Waals surface area contributed by atoms with E-state index in [0.29, 0.717) is 17.2 Å². The Balaban J connectivity index is 2.03. The molecule has 1 aromatic carbocycles. The smallest absolute Gasteiger partial charge is 0.159 e. The van der Waals surface area contributed by atoms with Gasteiger partial charge < -0.3 is 5.32 Å². The number of hydrogen-bond acceptors (Lipinski definition) is 3. The molecule has 19 heavy (non-hydrogen) atoms. The van der Waals surface area contributed by atoms with Crippen LogP contribution in [0.1, 0.15) is 17.4 Å². The van der Waals surface area contributed by atoms with E-state index in [1.807, 2.05) is 6.92 Å². The van der Waals surface area contributed by atoms with Gasteiger partial charge in [-0.1, -0.05) is 0 Å². The molecule has 3 nitrogen and oxygen atoms in total. The molecule has 98 valence electrons. The van der Waals surface area contributed by atoms with Crippen molar-refractivity contribution in [2.45, 2.75) is 12.8 Å². The molecule has 0 bridgehead atoms. The molecule has 1 aliphatic rings. The second-order valence-electron chi connectivity index (χ2n) is 4.74. The summed E-state index contributed by atoms with van der Waals surface area (Å²) >= 11 is 0. The van der Waals surface area contributed by atoms with Crippen molar-refractivity contribution in [3.05, 3.63) is 47.4 Å². The van der Waals surface area contributed by atoms with Gasteiger partial charge in [0.05, 0.1) is 5.69 Å². The Morgan fingerprint density at radius 1 is 1.11 bits per heavy atom. The van der Waals surface area contributed by atoms with E-state index in [9.17, 15) is 8.78 Å². The Kier molecular flexibility index (Phi) is 2.98. The Morgan fingerprint density at radius 2 is 1.89 bits per heavy atom. The highest BCUT2D eigenvalue weighted by atomic mass is 19.2. The first-order valence-corrected chi connectivity index (χ1v) is 6.15. The summed E-state index contributed by atoms with van der Waals surface area (Å²) in [7, 11) is 0. The van der Waals surface area contributed by atoms with Gasteiger partial charge in [0, 0.05) is 30.3 Å². The van der Waals surface area contributed by atoms with E-state index in [2.05, 4.69) is 15.3 Å². The molecule has 0 amide bonds. The van der Waals surface area contributed by atoms with E-state index in [-0.39, 0.29) is 0 Å². The summed E-state index contributed by atoms with van der Waals surface area (Å²) in [5.41, 5.74) is 2.03. The minimum absolute atomic E-state index is 0.309. The molecule has 2 heterocycles. The number of hydrogen-bond donors (Lipinski definition) is 1. The zero-order valence-corrected chi connectivity index (χ0v) is 10.5. The summed E-state index contributed by atoms with van der Waals surface area (Å²) < 4.78 is 26.2. The number of aryl methyl sites for hydroxylation is 1. The summed E-state index contributed by atoms with van der Waals surface area (Å²) in [5.74, 6) is -0.638. The minimum Gasteiger partial charge on any atom is -0.315 e. The topological polar surface area (TPSA) is 37.8 Å². The van der Waals surface area contributed by atoms with Gasteiger partial charge in [0.2, 0.25) is 0 Å². The Bertz CT molecular complexity index is 624. The highest BCUT2D eigenvalue weighted by Crippen LogP contribution is 2.23. The quantitative estimate of drug-likeness (QED) is 0.902. The number of nitrogens with zero attached hydrogens (tertiary/aromatic N) is 2. The summed E-state index contributed by atoms with van der Waals surface area (Å²) in [6.45, 7) is 3.60. The van der Waals surface area contributed by atoms with Gasteiger partial charge in [0.25, 0.3) is 0 Å². The van der Waals surface area contributed by atoms with E-state index in [0.717, 1.165) is 30.7 Å². The Morgan fingerprint density at radius 3 is 2.53 bits per heavy atom. The molecular formula is C14H13F2N3. The molecular weight excluding hydrogens is 248 g/mol. The van der Waals surface area contributed by atoms with Crippen LogP contribution in [-0.2, 0) is 0 Å². The third-order valence-corrected chi connectivity index (χ3v) is 3.23. The van der Waals surface area contributed by atoms with Crippen molar-refractivity contribution >= 4 is 0 Å². The first-order chi connectivity index (χ1) is 9.13. The van der Waals surface area contributed by atoms with Crippen LogP contribution in [0.15, 0.2) is 24.3 Å². The van der Waals surface area contributed by atoms with E-state index < -0.39 is 11.6 Å². The van der Waals surface area contributed by atoms with Gasteiger partial charge in [-0.05, 0) is 31.2 Å². The third kappa shape index (κ3) is 2.33. The van der Waals surface area contributed by atoms with Crippen LogP contribution in [0.25, 0.3) is 11.3 Å². The van der Waals surface area contributed by atoms with Gasteiger partial charge in [-0.3, -0.25) is 0 Å². The van der Waals surface area contributed by atoms with Crippen molar-refractivity contribution in [3.8, 4) is 11.3 Å². The summed E-state index contributed by atoms with van der Waals surface area (Å²) in [6.07, 6.45) is 0. The maximum Gasteiger partial charge on any atom is 0.159 e.